The van der Waals surface area contributed by atoms with Gasteiger partial charge in [-0.15, -0.1) is 0 Å². The third-order valence-electron chi connectivity index (χ3n) is 4.02. The molecule has 1 nitrogen and oxygen atoms in total. The number of halogens is 1. The van der Waals surface area contributed by atoms with Crippen LogP contribution in [0.25, 0.3) is 0 Å². The molecule has 0 aliphatic carbocycles. The highest BCUT2D eigenvalue weighted by Gasteiger charge is 2.17. The summed E-state index contributed by atoms with van der Waals surface area (Å²) in [6, 6.07) is 10.9. The van der Waals surface area contributed by atoms with E-state index in [1.807, 2.05) is 19.2 Å². The van der Waals surface area contributed by atoms with Gasteiger partial charge in [-0.25, -0.2) is 0 Å². The lowest BCUT2D eigenvalue weighted by atomic mass is 9.90. The Hall–Kier alpha value is -1.31. The van der Waals surface area contributed by atoms with E-state index < -0.39 is 0 Å². The van der Waals surface area contributed by atoms with Crippen LogP contribution in [0.5, 0.6) is 0 Å². The van der Waals surface area contributed by atoms with E-state index in [2.05, 4.69) is 51.2 Å². The third kappa shape index (κ3) is 2.89. The molecule has 0 amide bonds. The second-order valence-electron chi connectivity index (χ2n) is 5.52. The summed E-state index contributed by atoms with van der Waals surface area (Å²) < 4.78 is 0. The van der Waals surface area contributed by atoms with Crippen LogP contribution in [0.3, 0.4) is 0 Å². The average Bonchev–Trinajstić information content (AvgIpc) is 2.38. The quantitative estimate of drug-likeness (QED) is 0.848. The average molecular weight is 288 g/mol. The van der Waals surface area contributed by atoms with Crippen molar-refractivity contribution >= 4 is 11.6 Å². The highest BCUT2D eigenvalue weighted by Crippen LogP contribution is 2.30. The fraction of sp³-hybridized carbons (Fsp3) is 0.333. The highest BCUT2D eigenvalue weighted by atomic mass is 35.5. The Labute approximate surface area is 127 Å². The first kappa shape index (κ1) is 15.1. The summed E-state index contributed by atoms with van der Waals surface area (Å²) in [4.78, 5) is 0. The molecule has 2 rings (SSSR count). The van der Waals surface area contributed by atoms with Gasteiger partial charge >= 0.3 is 0 Å². The zero-order valence-corrected chi connectivity index (χ0v) is 13.6. The fourth-order valence-corrected chi connectivity index (χ4v) is 2.96. The van der Waals surface area contributed by atoms with Crippen molar-refractivity contribution in [2.24, 2.45) is 0 Å². The summed E-state index contributed by atoms with van der Waals surface area (Å²) in [5.74, 6) is 0. The lowest BCUT2D eigenvalue weighted by molar-refractivity contribution is 0.682. The van der Waals surface area contributed by atoms with Gasteiger partial charge in [0.15, 0.2) is 0 Å². The Morgan fingerprint density at radius 1 is 0.800 bits per heavy atom. The van der Waals surface area contributed by atoms with Crippen LogP contribution in [0, 0.1) is 27.7 Å². The Bertz CT molecular complexity index is 632. The molecule has 1 unspecified atom stereocenters. The van der Waals surface area contributed by atoms with Gasteiger partial charge in [0, 0.05) is 5.02 Å². The van der Waals surface area contributed by atoms with Crippen molar-refractivity contribution in [2.75, 3.05) is 7.05 Å². The van der Waals surface area contributed by atoms with E-state index >= 15 is 0 Å². The first-order valence-electron chi connectivity index (χ1n) is 6.95. The molecule has 0 spiro atoms. The van der Waals surface area contributed by atoms with Gasteiger partial charge in [-0.05, 0) is 80.3 Å². The van der Waals surface area contributed by atoms with Crippen molar-refractivity contribution in [3.63, 3.8) is 0 Å². The molecule has 0 aromatic heterocycles. The second-order valence-corrected chi connectivity index (χ2v) is 5.95. The first-order valence-corrected chi connectivity index (χ1v) is 7.33. The molecule has 20 heavy (non-hydrogen) atoms. The molecule has 0 saturated heterocycles. The third-order valence-corrected chi connectivity index (χ3v) is 4.26. The van der Waals surface area contributed by atoms with Crippen molar-refractivity contribution in [3.05, 3.63) is 68.7 Å². The van der Waals surface area contributed by atoms with Crippen molar-refractivity contribution in [1.82, 2.24) is 5.32 Å². The molecule has 0 saturated carbocycles. The largest absolute Gasteiger partial charge is 0.309 e. The second kappa shape index (κ2) is 5.99. The van der Waals surface area contributed by atoms with Crippen LogP contribution in [0.4, 0.5) is 0 Å². The number of benzene rings is 2. The van der Waals surface area contributed by atoms with Crippen molar-refractivity contribution in [2.45, 2.75) is 33.7 Å². The van der Waals surface area contributed by atoms with Crippen LogP contribution in [-0.2, 0) is 0 Å². The van der Waals surface area contributed by atoms with Crippen molar-refractivity contribution < 1.29 is 0 Å². The van der Waals surface area contributed by atoms with Crippen molar-refractivity contribution in [1.29, 1.82) is 0 Å². The zero-order chi connectivity index (χ0) is 14.9. The van der Waals surface area contributed by atoms with E-state index in [0.29, 0.717) is 0 Å². The molecular weight excluding hydrogens is 266 g/mol. The zero-order valence-electron chi connectivity index (χ0n) is 12.8. The van der Waals surface area contributed by atoms with Gasteiger partial charge in [-0.1, -0.05) is 29.8 Å². The Morgan fingerprint density at radius 3 is 2.00 bits per heavy atom. The van der Waals surface area contributed by atoms with Crippen LogP contribution >= 0.6 is 11.6 Å². The number of hydrogen-bond donors (Lipinski definition) is 1. The monoisotopic (exact) mass is 287 g/mol. The molecule has 1 N–H and O–H groups in total. The van der Waals surface area contributed by atoms with Gasteiger partial charge < -0.3 is 5.32 Å². The predicted molar refractivity (Wildman–Crippen MR) is 87.7 cm³/mol. The van der Waals surface area contributed by atoms with E-state index in [4.69, 9.17) is 11.6 Å². The predicted octanol–water partition coefficient (Wildman–Crippen LogP) is 4.88. The smallest absolute Gasteiger partial charge is 0.0579 e. The SMILES string of the molecule is CNC(c1ccc(Cl)cc1C)c1cc(C)c(C)cc1C. The maximum absolute atomic E-state index is 6.07. The van der Waals surface area contributed by atoms with Gasteiger partial charge in [0.2, 0.25) is 0 Å². The molecule has 0 heterocycles. The molecule has 0 bridgehead atoms. The van der Waals surface area contributed by atoms with E-state index in [9.17, 15) is 0 Å². The maximum atomic E-state index is 6.07. The van der Waals surface area contributed by atoms with Crippen LogP contribution in [0.1, 0.15) is 39.4 Å². The molecule has 106 valence electrons. The van der Waals surface area contributed by atoms with Gasteiger partial charge in [-0.2, -0.15) is 0 Å². The summed E-state index contributed by atoms with van der Waals surface area (Å²) in [7, 11) is 2.01. The lowest BCUT2D eigenvalue weighted by Gasteiger charge is -2.22. The minimum Gasteiger partial charge on any atom is -0.309 e. The summed E-state index contributed by atoms with van der Waals surface area (Å²) in [6.45, 7) is 8.62. The van der Waals surface area contributed by atoms with Gasteiger partial charge in [0.05, 0.1) is 6.04 Å². The number of hydrogen-bond acceptors (Lipinski definition) is 1. The summed E-state index contributed by atoms with van der Waals surface area (Å²) in [5.41, 5.74) is 7.83. The number of nitrogens with one attached hydrogen (secondary N) is 1. The van der Waals surface area contributed by atoms with Crippen LogP contribution in [0.15, 0.2) is 30.3 Å². The topological polar surface area (TPSA) is 12.0 Å². The summed E-state index contributed by atoms with van der Waals surface area (Å²) in [6.07, 6.45) is 0. The minimum absolute atomic E-state index is 0.201. The molecule has 2 heteroatoms. The van der Waals surface area contributed by atoms with Crippen LogP contribution in [0.2, 0.25) is 5.02 Å². The number of rotatable bonds is 3. The minimum atomic E-state index is 0.201. The van der Waals surface area contributed by atoms with E-state index in [-0.39, 0.29) is 6.04 Å². The fourth-order valence-electron chi connectivity index (χ4n) is 2.74. The molecule has 2 aromatic rings. The van der Waals surface area contributed by atoms with Gasteiger partial charge in [0.1, 0.15) is 0 Å². The van der Waals surface area contributed by atoms with Crippen molar-refractivity contribution in [3.8, 4) is 0 Å². The summed E-state index contributed by atoms with van der Waals surface area (Å²) >= 11 is 6.07. The molecule has 0 radical (unpaired) electrons. The standard InChI is InChI=1S/C18H22ClN/c1-11-8-13(3)17(10-12(11)2)18(20-5)16-7-6-15(19)9-14(16)4/h6-10,18,20H,1-5H3. The van der Waals surface area contributed by atoms with Gasteiger partial charge in [-0.3, -0.25) is 0 Å². The van der Waals surface area contributed by atoms with Crippen LogP contribution < -0.4 is 5.32 Å². The van der Waals surface area contributed by atoms with E-state index in [1.165, 1.54) is 33.4 Å². The molecule has 0 aliphatic rings. The molecule has 2 aromatic carbocycles. The van der Waals surface area contributed by atoms with E-state index in [0.717, 1.165) is 5.02 Å². The molecule has 0 fully saturated rings. The van der Waals surface area contributed by atoms with E-state index in [1.54, 1.807) is 0 Å². The highest BCUT2D eigenvalue weighted by molar-refractivity contribution is 6.30. The maximum Gasteiger partial charge on any atom is 0.0579 e. The van der Waals surface area contributed by atoms with Crippen LogP contribution in [-0.4, -0.2) is 7.05 Å². The summed E-state index contributed by atoms with van der Waals surface area (Å²) in [5, 5.41) is 4.23. The Balaban J connectivity index is 2.55. The molecular formula is C18H22ClN. The Morgan fingerprint density at radius 2 is 1.40 bits per heavy atom. The Kier molecular flexibility index (Phi) is 4.52. The lowest BCUT2D eigenvalue weighted by Crippen LogP contribution is -2.20. The molecule has 0 aliphatic heterocycles. The molecule has 1 atom stereocenters. The number of aryl methyl sites for hydroxylation is 4. The normalized spacial score (nSPS) is 12.5. The first-order chi connectivity index (χ1) is 9.43. The van der Waals surface area contributed by atoms with Gasteiger partial charge in [0.25, 0.3) is 0 Å².